The van der Waals surface area contributed by atoms with Gasteiger partial charge >= 0.3 is 17.9 Å². The third-order valence-electron chi connectivity index (χ3n) is 10.2. The minimum absolute atomic E-state index is 0.125. The summed E-state index contributed by atoms with van der Waals surface area (Å²) in [6, 6.07) is 0. The third kappa shape index (κ3) is 48.8. The zero-order valence-electron chi connectivity index (χ0n) is 41.0. The molecule has 0 fully saturated rings. The zero-order chi connectivity index (χ0) is 46.5. The van der Waals surface area contributed by atoms with Gasteiger partial charge in [0.05, 0.1) is 0 Å². The van der Waals surface area contributed by atoms with Crippen LogP contribution in [0.1, 0.15) is 207 Å². The summed E-state index contributed by atoms with van der Waals surface area (Å²) >= 11 is 0. The van der Waals surface area contributed by atoms with Gasteiger partial charge < -0.3 is 14.2 Å². The molecule has 0 aromatic rings. The lowest BCUT2D eigenvalue weighted by atomic mass is 10.1. The highest BCUT2D eigenvalue weighted by molar-refractivity contribution is 5.71. The van der Waals surface area contributed by atoms with Crippen LogP contribution in [0.25, 0.3) is 0 Å². The summed E-state index contributed by atoms with van der Waals surface area (Å²) in [6.07, 6.45) is 70.5. The number of allylic oxidation sites excluding steroid dienone is 20. The Balaban J connectivity index is 4.59. The van der Waals surface area contributed by atoms with E-state index in [1.54, 1.807) is 0 Å². The molecule has 0 spiro atoms. The molecule has 0 rings (SSSR count). The molecule has 0 unspecified atom stereocenters. The highest BCUT2D eigenvalue weighted by Crippen LogP contribution is 2.11. The molecule has 0 saturated carbocycles. The SMILES string of the molecule is CC/C=C\C/C=C\C/C=C\C/C=C\C/C=C\C/C=C\CCC(=O)OC[C@@H](COC(=O)CCCCCCC/C=C\CCCCC)OC(=O)CCCC/C=C\C/C=C\C/C=C\CCCCC. The second kappa shape index (κ2) is 51.4. The maximum atomic E-state index is 12.8. The van der Waals surface area contributed by atoms with Crippen molar-refractivity contribution in [1.29, 1.82) is 0 Å². The van der Waals surface area contributed by atoms with Crippen LogP contribution in [0.5, 0.6) is 0 Å². The normalized spacial score (nSPS) is 13.1. The molecule has 0 aromatic carbocycles. The van der Waals surface area contributed by atoms with E-state index in [9.17, 15) is 14.4 Å². The van der Waals surface area contributed by atoms with Gasteiger partial charge in [0.2, 0.25) is 0 Å². The van der Waals surface area contributed by atoms with Crippen LogP contribution in [-0.2, 0) is 28.6 Å². The highest BCUT2D eigenvalue weighted by Gasteiger charge is 2.19. The van der Waals surface area contributed by atoms with Gasteiger partial charge in [0.15, 0.2) is 6.10 Å². The summed E-state index contributed by atoms with van der Waals surface area (Å²) in [5.41, 5.74) is 0. The number of carbonyl (C=O) groups is 3. The molecule has 0 amide bonds. The fraction of sp³-hybridized carbons (Fsp3) is 0.603. The largest absolute Gasteiger partial charge is 0.462 e. The summed E-state index contributed by atoms with van der Waals surface area (Å²) in [6.45, 7) is 6.34. The van der Waals surface area contributed by atoms with Gasteiger partial charge in [-0.15, -0.1) is 0 Å². The third-order valence-corrected chi connectivity index (χ3v) is 10.2. The number of hydrogen-bond acceptors (Lipinski definition) is 6. The van der Waals surface area contributed by atoms with Gasteiger partial charge in [-0.05, 0) is 122 Å². The Hall–Kier alpha value is -4.19. The van der Waals surface area contributed by atoms with E-state index in [0.717, 1.165) is 96.3 Å². The second-order valence-electron chi connectivity index (χ2n) is 16.3. The molecule has 6 nitrogen and oxygen atoms in total. The summed E-state index contributed by atoms with van der Waals surface area (Å²) < 4.78 is 16.7. The van der Waals surface area contributed by atoms with Gasteiger partial charge in [-0.25, -0.2) is 0 Å². The maximum Gasteiger partial charge on any atom is 0.306 e. The van der Waals surface area contributed by atoms with Gasteiger partial charge in [0, 0.05) is 19.3 Å². The first-order valence-electron chi connectivity index (χ1n) is 25.5. The van der Waals surface area contributed by atoms with E-state index in [-0.39, 0.29) is 44.0 Å². The molecule has 0 N–H and O–H groups in total. The predicted octanol–water partition coefficient (Wildman–Crippen LogP) is 16.9. The number of rotatable bonds is 44. The lowest BCUT2D eigenvalue weighted by Crippen LogP contribution is -2.30. The van der Waals surface area contributed by atoms with Gasteiger partial charge in [-0.2, -0.15) is 0 Å². The Morgan fingerprint density at radius 2 is 0.641 bits per heavy atom. The molecule has 0 aliphatic carbocycles. The van der Waals surface area contributed by atoms with Crippen LogP contribution in [0.15, 0.2) is 122 Å². The molecule has 0 bridgehead atoms. The van der Waals surface area contributed by atoms with E-state index in [2.05, 4.69) is 130 Å². The van der Waals surface area contributed by atoms with Crippen molar-refractivity contribution in [2.24, 2.45) is 0 Å². The van der Waals surface area contributed by atoms with Crippen molar-refractivity contribution in [1.82, 2.24) is 0 Å². The molecule has 360 valence electrons. The fourth-order valence-corrected chi connectivity index (χ4v) is 6.35. The second-order valence-corrected chi connectivity index (χ2v) is 16.3. The molecule has 0 radical (unpaired) electrons. The van der Waals surface area contributed by atoms with E-state index in [1.807, 2.05) is 12.2 Å². The Kier molecular flexibility index (Phi) is 48.1. The summed E-state index contributed by atoms with van der Waals surface area (Å²) in [5.74, 6) is -1.07. The quantitative estimate of drug-likeness (QED) is 0.0262. The van der Waals surface area contributed by atoms with Crippen LogP contribution in [0.3, 0.4) is 0 Å². The van der Waals surface area contributed by atoms with Crippen LogP contribution in [0, 0.1) is 0 Å². The highest BCUT2D eigenvalue weighted by atomic mass is 16.6. The molecule has 0 saturated heterocycles. The van der Waals surface area contributed by atoms with Crippen LogP contribution in [-0.4, -0.2) is 37.2 Å². The average Bonchev–Trinajstić information content (AvgIpc) is 3.29. The van der Waals surface area contributed by atoms with Crippen molar-refractivity contribution in [2.45, 2.75) is 213 Å². The molecule has 6 heteroatoms. The summed E-state index contributed by atoms with van der Waals surface area (Å²) in [4.78, 5) is 37.9. The molecule has 64 heavy (non-hydrogen) atoms. The maximum absolute atomic E-state index is 12.8. The molecule has 1 atom stereocenters. The monoisotopic (exact) mass is 885 g/mol. The van der Waals surface area contributed by atoms with E-state index >= 15 is 0 Å². The van der Waals surface area contributed by atoms with E-state index in [0.29, 0.717) is 19.3 Å². The van der Waals surface area contributed by atoms with Crippen molar-refractivity contribution < 1.29 is 28.6 Å². The van der Waals surface area contributed by atoms with Crippen molar-refractivity contribution in [3.63, 3.8) is 0 Å². The Labute approximate surface area is 392 Å². The van der Waals surface area contributed by atoms with Gasteiger partial charge in [-0.3, -0.25) is 14.4 Å². The molecule has 0 aliphatic heterocycles. The molecular weight excluding hydrogens is 793 g/mol. The summed E-state index contributed by atoms with van der Waals surface area (Å²) in [5, 5.41) is 0. The van der Waals surface area contributed by atoms with Crippen LogP contribution in [0.2, 0.25) is 0 Å². The van der Waals surface area contributed by atoms with Crippen LogP contribution in [0.4, 0.5) is 0 Å². The first-order chi connectivity index (χ1) is 31.5. The number of carbonyl (C=O) groups excluding carboxylic acids is 3. The van der Waals surface area contributed by atoms with Gasteiger partial charge in [-0.1, -0.05) is 187 Å². The molecule has 0 aliphatic rings. The number of hydrogen-bond donors (Lipinski definition) is 0. The topological polar surface area (TPSA) is 78.9 Å². The zero-order valence-corrected chi connectivity index (χ0v) is 41.0. The van der Waals surface area contributed by atoms with Crippen molar-refractivity contribution >= 4 is 17.9 Å². The first-order valence-corrected chi connectivity index (χ1v) is 25.5. The van der Waals surface area contributed by atoms with Crippen LogP contribution < -0.4 is 0 Å². The number of unbranched alkanes of at least 4 members (excludes halogenated alkanes) is 13. The molecule has 0 aromatic heterocycles. The lowest BCUT2D eigenvalue weighted by molar-refractivity contribution is -0.166. The number of ether oxygens (including phenoxy) is 3. The fourth-order valence-electron chi connectivity index (χ4n) is 6.35. The van der Waals surface area contributed by atoms with Gasteiger partial charge in [0.25, 0.3) is 0 Å². The van der Waals surface area contributed by atoms with E-state index in [1.165, 1.54) is 57.8 Å². The Morgan fingerprint density at radius 3 is 1.09 bits per heavy atom. The van der Waals surface area contributed by atoms with E-state index in [4.69, 9.17) is 14.2 Å². The Bertz CT molecular complexity index is 1390. The minimum Gasteiger partial charge on any atom is -0.462 e. The summed E-state index contributed by atoms with van der Waals surface area (Å²) in [7, 11) is 0. The molecule has 0 heterocycles. The van der Waals surface area contributed by atoms with Crippen molar-refractivity contribution in [3.8, 4) is 0 Å². The Morgan fingerprint density at radius 1 is 0.328 bits per heavy atom. The van der Waals surface area contributed by atoms with Gasteiger partial charge in [0.1, 0.15) is 13.2 Å². The minimum atomic E-state index is -0.834. The number of esters is 3. The first kappa shape index (κ1) is 59.8. The molecular formula is C58H92O6. The smallest absolute Gasteiger partial charge is 0.306 e. The average molecular weight is 885 g/mol. The lowest BCUT2D eigenvalue weighted by Gasteiger charge is -2.18. The standard InChI is InChI=1S/C58H92O6/c1-4-7-10-13-16-19-22-25-27-28-29-30-32-33-36-39-42-45-48-51-57(60)63-54-55(53-62-56(59)50-47-44-41-38-35-24-21-18-15-12-9-6-3)64-58(61)52-49-46-43-40-37-34-31-26-23-20-17-14-11-8-5-2/h7,10,16-21,25-27,29-31,33,36-37,40,42,45,55H,4-6,8-9,11-15,22-24,28,32,34-35,38-39,41,43-44,46-54H2,1-3H3/b10-7-,19-16-,20-17-,21-18-,27-25-,30-29-,31-26-,36-33-,40-37-,45-42-/t55-/m1/s1. The predicted molar refractivity (Wildman–Crippen MR) is 274 cm³/mol. The van der Waals surface area contributed by atoms with Crippen molar-refractivity contribution in [2.75, 3.05) is 13.2 Å². The van der Waals surface area contributed by atoms with E-state index < -0.39 is 6.10 Å². The van der Waals surface area contributed by atoms with Crippen molar-refractivity contribution in [3.05, 3.63) is 122 Å². The van der Waals surface area contributed by atoms with Crippen LogP contribution >= 0.6 is 0 Å².